The minimum absolute atomic E-state index is 0.000918. The summed E-state index contributed by atoms with van der Waals surface area (Å²) in [6.45, 7) is 1.78. The Kier molecular flexibility index (Phi) is 4.77. The van der Waals surface area contributed by atoms with E-state index >= 15 is 0 Å². The van der Waals surface area contributed by atoms with Gasteiger partial charge in [0.2, 0.25) is 12.2 Å². The van der Waals surface area contributed by atoms with Crippen LogP contribution in [0.4, 0.5) is 15.9 Å². The molecular formula is C19H17ClFN5O2. The van der Waals surface area contributed by atoms with Gasteiger partial charge in [0.1, 0.15) is 6.33 Å². The summed E-state index contributed by atoms with van der Waals surface area (Å²) in [4.78, 5) is 20.5. The number of amides is 1. The zero-order valence-electron chi connectivity index (χ0n) is 14.9. The number of likely N-dealkylation sites (tertiary alicyclic amines) is 1. The van der Waals surface area contributed by atoms with Crippen molar-refractivity contribution in [2.24, 2.45) is 11.3 Å². The Balaban J connectivity index is 1.45. The minimum Gasteiger partial charge on any atom is -0.475 e. The largest absolute Gasteiger partial charge is 0.475 e. The third-order valence-electron chi connectivity index (χ3n) is 5.46. The van der Waals surface area contributed by atoms with Crippen LogP contribution < -0.4 is 10.1 Å². The molecule has 28 heavy (non-hydrogen) atoms. The molecule has 0 bridgehead atoms. The summed E-state index contributed by atoms with van der Waals surface area (Å²) in [5.74, 6) is -0.495. The molecule has 1 aliphatic carbocycles. The van der Waals surface area contributed by atoms with Crippen LogP contribution >= 0.6 is 11.6 Å². The van der Waals surface area contributed by atoms with Crippen molar-refractivity contribution in [2.45, 2.75) is 12.8 Å². The second kappa shape index (κ2) is 7.24. The molecule has 2 aromatic rings. The van der Waals surface area contributed by atoms with Crippen LogP contribution in [0.5, 0.6) is 5.88 Å². The van der Waals surface area contributed by atoms with Crippen LogP contribution in [0.25, 0.3) is 0 Å². The number of nitriles is 1. The first-order chi connectivity index (χ1) is 13.5. The molecule has 144 valence electrons. The van der Waals surface area contributed by atoms with Gasteiger partial charge < -0.3 is 15.0 Å². The first-order valence-corrected chi connectivity index (χ1v) is 9.22. The molecule has 0 spiro atoms. The van der Waals surface area contributed by atoms with Crippen LogP contribution in [0.15, 0.2) is 24.5 Å². The van der Waals surface area contributed by atoms with E-state index in [9.17, 15) is 9.18 Å². The van der Waals surface area contributed by atoms with Gasteiger partial charge in [-0.05, 0) is 37.0 Å². The quantitative estimate of drug-likeness (QED) is 0.748. The van der Waals surface area contributed by atoms with Gasteiger partial charge in [0, 0.05) is 18.5 Å². The Morgan fingerprint density at radius 1 is 1.50 bits per heavy atom. The lowest BCUT2D eigenvalue weighted by atomic mass is 9.96. The van der Waals surface area contributed by atoms with Crippen molar-refractivity contribution in [3.8, 4) is 11.9 Å². The van der Waals surface area contributed by atoms with Crippen molar-refractivity contribution in [3.63, 3.8) is 0 Å². The first-order valence-electron chi connectivity index (χ1n) is 8.84. The lowest BCUT2D eigenvalue weighted by Crippen LogP contribution is -2.36. The molecule has 2 heterocycles. The van der Waals surface area contributed by atoms with Crippen molar-refractivity contribution in [1.82, 2.24) is 14.9 Å². The van der Waals surface area contributed by atoms with Gasteiger partial charge >= 0.3 is 0 Å². The lowest BCUT2D eigenvalue weighted by Gasteiger charge is -2.28. The van der Waals surface area contributed by atoms with Crippen LogP contribution in [-0.4, -0.2) is 41.0 Å². The smallest absolute Gasteiger partial charge is 0.255 e. The van der Waals surface area contributed by atoms with E-state index in [0.717, 1.165) is 25.8 Å². The average molecular weight is 402 g/mol. The molecule has 2 aliphatic rings. The Morgan fingerprint density at radius 3 is 3.07 bits per heavy atom. The minimum atomic E-state index is -0.707. The van der Waals surface area contributed by atoms with E-state index in [4.69, 9.17) is 21.6 Å². The van der Waals surface area contributed by atoms with Crippen LogP contribution in [0.2, 0.25) is 5.02 Å². The van der Waals surface area contributed by atoms with Gasteiger partial charge in [-0.2, -0.15) is 14.6 Å². The molecule has 7 nitrogen and oxygen atoms in total. The molecule has 9 heteroatoms. The van der Waals surface area contributed by atoms with Crippen molar-refractivity contribution in [2.75, 3.05) is 25.0 Å². The van der Waals surface area contributed by atoms with Crippen LogP contribution in [0.3, 0.4) is 0 Å². The molecule has 1 amide bonds. The Labute approximate surface area is 166 Å². The van der Waals surface area contributed by atoms with E-state index in [1.54, 1.807) is 17.0 Å². The maximum absolute atomic E-state index is 14.8. The summed E-state index contributed by atoms with van der Waals surface area (Å²) in [5.41, 5.74) is 0.828. The molecule has 1 aromatic carbocycles. The zero-order chi connectivity index (χ0) is 19.7. The third-order valence-corrected chi connectivity index (χ3v) is 5.78. The Bertz CT molecular complexity index is 966. The average Bonchev–Trinajstić information content (AvgIpc) is 3.43. The number of hydrogen-bond acceptors (Lipinski definition) is 6. The number of carbonyl (C=O) groups is 1. The highest BCUT2D eigenvalue weighted by molar-refractivity contribution is 6.33. The summed E-state index contributed by atoms with van der Waals surface area (Å²) in [5, 5.41) is 12.0. The number of nitrogens with one attached hydrogen (secondary N) is 1. The number of piperidine rings is 1. The molecule has 2 atom stereocenters. The summed E-state index contributed by atoms with van der Waals surface area (Å²) < 4.78 is 20.5. The summed E-state index contributed by atoms with van der Waals surface area (Å²) in [7, 11) is 0. The second-order valence-electron chi connectivity index (χ2n) is 7.18. The number of hydrogen-bond donors (Lipinski definition) is 1. The number of nitrogens with zero attached hydrogens (tertiary/aromatic N) is 4. The second-order valence-corrected chi connectivity index (χ2v) is 7.58. The lowest BCUT2D eigenvalue weighted by molar-refractivity contribution is -0.119. The number of aromatic nitrogens is 2. The predicted molar refractivity (Wildman–Crippen MR) is 99.7 cm³/mol. The molecule has 1 N–H and O–H groups in total. The third kappa shape index (κ3) is 3.45. The van der Waals surface area contributed by atoms with Gasteiger partial charge in [-0.3, -0.25) is 4.79 Å². The first kappa shape index (κ1) is 18.4. The summed E-state index contributed by atoms with van der Waals surface area (Å²) in [6, 6.07) is 6.62. The molecule has 2 unspecified atom stereocenters. The number of carbonyl (C=O) groups excluding carboxylic acids is 1. The summed E-state index contributed by atoms with van der Waals surface area (Å²) >= 11 is 6.12. The maximum Gasteiger partial charge on any atom is 0.255 e. The molecule has 0 radical (unpaired) electrons. The highest BCUT2D eigenvalue weighted by atomic mass is 35.5. The van der Waals surface area contributed by atoms with Crippen LogP contribution in [-0.2, 0) is 4.79 Å². The van der Waals surface area contributed by atoms with Crippen molar-refractivity contribution < 1.29 is 13.9 Å². The predicted octanol–water partition coefficient (Wildman–Crippen LogP) is 3.13. The van der Waals surface area contributed by atoms with Crippen LogP contribution in [0, 0.1) is 28.5 Å². The number of ether oxygens (including phenoxy) is 1. The number of anilines is 2. The normalized spacial score (nSPS) is 22.8. The molecule has 1 saturated carbocycles. The van der Waals surface area contributed by atoms with Gasteiger partial charge in [0.25, 0.3) is 5.88 Å². The standard InChI is InChI=1S/C19H17ClFN5O2/c20-14-5-12(7-22)1-2-15(14)25-17-16(21)18(24-10-23-17)28-9-19-3-4-26(11-27)8-13(19)6-19/h1-2,5,10-11,13H,3-4,6,8-9H2,(H,23,24,25). The molecule has 1 saturated heterocycles. The van der Waals surface area contributed by atoms with Crippen molar-refractivity contribution in [3.05, 3.63) is 40.9 Å². The fourth-order valence-corrected chi connectivity index (χ4v) is 3.88. The molecule has 2 fully saturated rings. The number of benzene rings is 1. The van der Waals surface area contributed by atoms with Crippen molar-refractivity contribution in [1.29, 1.82) is 5.26 Å². The van der Waals surface area contributed by atoms with Gasteiger partial charge in [-0.25, -0.2) is 4.98 Å². The van der Waals surface area contributed by atoms with E-state index in [1.807, 2.05) is 6.07 Å². The van der Waals surface area contributed by atoms with Gasteiger partial charge in [-0.15, -0.1) is 0 Å². The molecular weight excluding hydrogens is 385 g/mol. The highest BCUT2D eigenvalue weighted by Gasteiger charge is 2.57. The molecule has 1 aliphatic heterocycles. The fourth-order valence-electron chi connectivity index (χ4n) is 3.65. The van der Waals surface area contributed by atoms with Gasteiger partial charge in [-0.1, -0.05) is 11.6 Å². The van der Waals surface area contributed by atoms with E-state index in [1.165, 1.54) is 12.4 Å². The SMILES string of the molecule is N#Cc1ccc(Nc2ncnc(OCC34CCN(C=O)CC3C4)c2F)c(Cl)c1. The Morgan fingerprint density at radius 2 is 2.36 bits per heavy atom. The summed E-state index contributed by atoms with van der Waals surface area (Å²) in [6.07, 6.45) is 3.90. The van der Waals surface area contributed by atoms with E-state index in [0.29, 0.717) is 30.3 Å². The van der Waals surface area contributed by atoms with Crippen molar-refractivity contribution >= 4 is 29.5 Å². The van der Waals surface area contributed by atoms with Crippen LogP contribution in [0.1, 0.15) is 18.4 Å². The molecule has 4 rings (SSSR count). The van der Waals surface area contributed by atoms with E-state index < -0.39 is 5.82 Å². The highest BCUT2D eigenvalue weighted by Crippen LogP contribution is 2.57. The van der Waals surface area contributed by atoms with Gasteiger partial charge in [0.05, 0.1) is 28.9 Å². The van der Waals surface area contributed by atoms with Gasteiger partial charge in [0.15, 0.2) is 5.82 Å². The number of halogens is 2. The van der Waals surface area contributed by atoms with E-state index in [-0.39, 0.29) is 22.1 Å². The molecule has 1 aromatic heterocycles. The Hall–Kier alpha value is -2.92. The number of rotatable bonds is 6. The topological polar surface area (TPSA) is 91.1 Å². The fraction of sp³-hybridized carbons (Fsp3) is 0.368. The monoisotopic (exact) mass is 401 g/mol. The zero-order valence-corrected chi connectivity index (χ0v) is 15.6. The number of fused-ring (bicyclic) bond motifs is 1. The maximum atomic E-state index is 14.8. The van der Waals surface area contributed by atoms with E-state index in [2.05, 4.69) is 15.3 Å².